The van der Waals surface area contributed by atoms with E-state index in [9.17, 15) is 9.59 Å². The second-order valence-electron chi connectivity index (χ2n) is 5.24. The van der Waals surface area contributed by atoms with Gasteiger partial charge in [0.1, 0.15) is 5.82 Å². The Labute approximate surface area is 124 Å². The van der Waals surface area contributed by atoms with Crippen molar-refractivity contribution in [2.24, 2.45) is 5.92 Å². The Morgan fingerprint density at radius 3 is 2.86 bits per heavy atom. The number of carbonyl (C=O) groups is 2. The lowest BCUT2D eigenvalue weighted by Gasteiger charge is -2.17. The lowest BCUT2D eigenvalue weighted by molar-refractivity contribution is -0.121. The molecule has 114 valence electrons. The molecule has 21 heavy (non-hydrogen) atoms. The van der Waals surface area contributed by atoms with Crippen LogP contribution >= 0.6 is 0 Å². The number of nitrogens with zero attached hydrogens (tertiary/aromatic N) is 2. The van der Waals surface area contributed by atoms with Gasteiger partial charge in [-0.15, -0.1) is 0 Å². The van der Waals surface area contributed by atoms with Crippen LogP contribution in [0.25, 0.3) is 0 Å². The molecule has 6 heteroatoms. The highest BCUT2D eigenvalue weighted by atomic mass is 16.2. The average molecular weight is 290 g/mol. The van der Waals surface area contributed by atoms with Gasteiger partial charge in [0.2, 0.25) is 5.91 Å². The van der Waals surface area contributed by atoms with Crippen molar-refractivity contribution in [3.05, 3.63) is 23.9 Å². The lowest BCUT2D eigenvalue weighted by atomic mass is 10.1. The third-order valence-corrected chi connectivity index (χ3v) is 3.71. The highest BCUT2D eigenvalue weighted by Crippen LogP contribution is 2.24. The number of nitrogens with one attached hydrogen (secondary N) is 2. The molecule has 0 aliphatic carbocycles. The molecule has 0 spiro atoms. The summed E-state index contributed by atoms with van der Waals surface area (Å²) >= 11 is 0. The van der Waals surface area contributed by atoms with Gasteiger partial charge < -0.3 is 15.5 Å². The van der Waals surface area contributed by atoms with Gasteiger partial charge in [-0.25, -0.2) is 4.98 Å². The van der Waals surface area contributed by atoms with Crippen LogP contribution in [0, 0.1) is 5.92 Å². The van der Waals surface area contributed by atoms with E-state index in [-0.39, 0.29) is 11.8 Å². The second-order valence-corrected chi connectivity index (χ2v) is 5.24. The summed E-state index contributed by atoms with van der Waals surface area (Å²) in [7, 11) is 1.66. The fourth-order valence-corrected chi connectivity index (χ4v) is 2.54. The maximum Gasteiger partial charge on any atom is 0.252 e. The molecular weight excluding hydrogens is 268 g/mol. The number of hydrogen-bond donors (Lipinski definition) is 2. The molecule has 0 aromatic carbocycles. The Kier molecular flexibility index (Phi) is 5.14. The minimum Gasteiger partial charge on any atom is -0.359 e. The predicted molar refractivity (Wildman–Crippen MR) is 81.2 cm³/mol. The first-order valence-corrected chi connectivity index (χ1v) is 7.33. The van der Waals surface area contributed by atoms with Gasteiger partial charge in [-0.2, -0.15) is 0 Å². The maximum atomic E-state index is 11.7. The van der Waals surface area contributed by atoms with Crippen LogP contribution in [-0.2, 0) is 4.79 Å². The van der Waals surface area contributed by atoms with Gasteiger partial charge in [-0.1, -0.05) is 0 Å². The maximum absolute atomic E-state index is 11.7. The first-order valence-electron chi connectivity index (χ1n) is 7.33. The van der Waals surface area contributed by atoms with Crippen LogP contribution in [0.2, 0.25) is 0 Å². The number of amides is 2. The normalized spacial score (nSPS) is 17.6. The minimum atomic E-state index is -0.101. The molecule has 2 amide bonds. The standard InChI is InChI=1S/C15H22N4O2/c1-3-17-15(21)12-4-5-13(18-9-12)19-7-6-11(10-19)8-14(20)16-2/h4-5,9,11H,3,6-8,10H2,1-2H3,(H,16,20)(H,17,21)/t11-/m0/s1. The van der Waals surface area contributed by atoms with Crippen LogP contribution in [0.4, 0.5) is 5.82 Å². The van der Waals surface area contributed by atoms with E-state index in [2.05, 4.69) is 20.5 Å². The summed E-state index contributed by atoms with van der Waals surface area (Å²) < 4.78 is 0. The van der Waals surface area contributed by atoms with Crippen molar-refractivity contribution in [2.75, 3.05) is 31.6 Å². The summed E-state index contributed by atoms with van der Waals surface area (Å²) in [5.74, 6) is 1.22. The van der Waals surface area contributed by atoms with E-state index < -0.39 is 0 Å². The summed E-state index contributed by atoms with van der Waals surface area (Å²) in [4.78, 5) is 29.6. The topological polar surface area (TPSA) is 74.3 Å². The molecule has 0 radical (unpaired) electrons. The molecule has 2 heterocycles. The molecule has 2 N–H and O–H groups in total. The van der Waals surface area contributed by atoms with Crippen LogP contribution in [0.15, 0.2) is 18.3 Å². The molecule has 1 aromatic heterocycles. The smallest absolute Gasteiger partial charge is 0.252 e. The fourth-order valence-electron chi connectivity index (χ4n) is 2.54. The molecule has 1 aliphatic rings. The van der Waals surface area contributed by atoms with Crippen LogP contribution < -0.4 is 15.5 Å². The molecule has 1 saturated heterocycles. The Morgan fingerprint density at radius 2 is 2.24 bits per heavy atom. The quantitative estimate of drug-likeness (QED) is 0.841. The van der Waals surface area contributed by atoms with E-state index in [0.717, 1.165) is 25.3 Å². The highest BCUT2D eigenvalue weighted by molar-refractivity contribution is 5.94. The third-order valence-electron chi connectivity index (χ3n) is 3.71. The van der Waals surface area contributed by atoms with E-state index >= 15 is 0 Å². The van der Waals surface area contributed by atoms with Gasteiger partial charge in [0, 0.05) is 39.3 Å². The van der Waals surface area contributed by atoms with E-state index in [4.69, 9.17) is 0 Å². The molecule has 1 fully saturated rings. The Hall–Kier alpha value is -2.11. The monoisotopic (exact) mass is 290 g/mol. The molecule has 6 nitrogen and oxygen atoms in total. The van der Waals surface area contributed by atoms with Gasteiger partial charge in [-0.05, 0) is 31.4 Å². The highest BCUT2D eigenvalue weighted by Gasteiger charge is 2.25. The first kappa shape index (κ1) is 15.3. The number of carbonyl (C=O) groups excluding carboxylic acids is 2. The third kappa shape index (κ3) is 3.93. The zero-order chi connectivity index (χ0) is 15.2. The molecule has 0 saturated carbocycles. The summed E-state index contributed by atoms with van der Waals surface area (Å²) in [6, 6.07) is 3.66. The summed E-state index contributed by atoms with van der Waals surface area (Å²) in [5, 5.41) is 5.41. The Morgan fingerprint density at radius 1 is 1.43 bits per heavy atom. The summed E-state index contributed by atoms with van der Waals surface area (Å²) in [6.45, 7) is 4.22. The molecule has 1 aromatic rings. The molecule has 1 aliphatic heterocycles. The summed E-state index contributed by atoms with van der Waals surface area (Å²) in [6.07, 6.45) is 3.16. The van der Waals surface area contributed by atoms with E-state index in [0.29, 0.717) is 24.4 Å². The molecule has 0 unspecified atom stereocenters. The van der Waals surface area contributed by atoms with Gasteiger partial charge in [0.25, 0.3) is 5.91 Å². The first-order chi connectivity index (χ1) is 10.1. The van der Waals surface area contributed by atoms with Crippen molar-refractivity contribution in [3.8, 4) is 0 Å². The fraction of sp³-hybridized carbons (Fsp3) is 0.533. The van der Waals surface area contributed by atoms with Crippen LogP contribution in [0.1, 0.15) is 30.1 Å². The number of pyridine rings is 1. The zero-order valence-corrected chi connectivity index (χ0v) is 12.6. The van der Waals surface area contributed by atoms with Gasteiger partial charge >= 0.3 is 0 Å². The predicted octanol–water partition coefficient (Wildman–Crippen LogP) is 0.794. The lowest BCUT2D eigenvalue weighted by Crippen LogP contribution is -2.25. The van der Waals surface area contributed by atoms with E-state index in [1.165, 1.54) is 0 Å². The van der Waals surface area contributed by atoms with E-state index in [1.807, 2.05) is 13.0 Å². The average Bonchev–Trinajstić information content (AvgIpc) is 2.96. The molecule has 1 atom stereocenters. The Bertz CT molecular complexity index is 501. The second kappa shape index (κ2) is 7.06. The summed E-state index contributed by atoms with van der Waals surface area (Å²) in [5.41, 5.74) is 0.571. The number of rotatable bonds is 5. The van der Waals surface area contributed by atoms with Gasteiger partial charge in [-0.3, -0.25) is 9.59 Å². The van der Waals surface area contributed by atoms with Crippen molar-refractivity contribution in [3.63, 3.8) is 0 Å². The minimum absolute atomic E-state index is 0.0846. The van der Waals surface area contributed by atoms with Gasteiger partial charge in [0.15, 0.2) is 0 Å². The number of hydrogen-bond acceptors (Lipinski definition) is 4. The zero-order valence-electron chi connectivity index (χ0n) is 12.6. The molecular formula is C15H22N4O2. The SMILES string of the molecule is CCNC(=O)c1ccc(N2CC[C@@H](CC(=O)NC)C2)nc1. The number of aromatic nitrogens is 1. The number of anilines is 1. The van der Waals surface area contributed by atoms with Gasteiger partial charge in [0.05, 0.1) is 5.56 Å². The van der Waals surface area contributed by atoms with E-state index in [1.54, 1.807) is 19.3 Å². The molecule has 0 bridgehead atoms. The Balaban J connectivity index is 1.94. The molecule has 2 rings (SSSR count). The van der Waals surface area contributed by atoms with Crippen LogP contribution in [-0.4, -0.2) is 43.5 Å². The van der Waals surface area contributed by atoms with Crippen molar-refractivity contribution in [1.82, 2.24) is 15.6 Å². The largest absolute Gasteiger partial charge is 0.359 e. The van der Waals surface area contributed by atoms with Crippen molar-refractivity contribution in [2.45, 2.75) is 19.8 Å². The van der Waals surface area contributed by atoms with Crippen LogP contribution in [0.3, 0.4) is 0 Å². The van der Waals surface area contributed by atoms with Crippen LogP contribution in [0.5, 0.6) is 0 Å². The van der Waals surface area contributed by atoms with Crippen molar-refractivity contribution < 1.29 is 9.59 Å². The van der Waals surface area contributed by atoms with Crippen molar-refractivity contribution >= 4 is 17.6 Å². The van der Waals surface area contributed by atoms with Crippen molar-refractivity contribution in [1.29, 1.82) is 0 Å².